The van der Waals surface area contributed by atoms with E-state index in [1.165, 1.54) is 38.5 Å². The van der Waals surface area contributed by atoms with E-state index in [2.05, 4.69) is 20.8 Å². The van der Waals surface area contributed by atoms with Crippen molar-refractivity contribution in [2.24, 2.45) is 23.2 Å². The Balaban J connectivity index is 1.41. The van der Waals surface area contributed by atoms with Gasteiger partial charge in [-0.05, 0) is 75.7 Å². The highest BCUT2D eigenvalue weighted by molar-refractivity contribution is 5.20. The van der Waals surface area contributed by atoms with Crippen LogP contribution in [0.25, 0.3) is 0 Å². The lowest BCUT2D eigenvalue weighted by atomic mass is 9.49. The van der Waals surface area contributed by atoms with Crippen molar-refractivity contribution < 1.29 is 4.42 Å². The maximum Gasteiger partial charge on any atom is 0.315 e. The molecule has 0 radical (unpaired) electrons. The Hall–Kier alpha value is -1.10. The molecular formula is C16H26N4O. The second-order valence-corrected chi connectivity index (χ2v) is 7.73. The van der Waals surface area contributed by atoms with Crippen LogP contribution in [0.1, 0.15) is 57.4 Å². The van der Waals surface area contributed by atoms with Crippen LogP contribution in [-0.2, 0) is 0 Å². The molecule has 21 heavy (non-hydrogen) atoms. The number of hydrogen-bond donors (Lipinski definition) is 2. The van der Waals surface area contributed by atoms with Gasteiger partial charge in [-0.2, -0.15) is 0 Å². The molecule has 4 aliphatic rings. The van der Waals surface area contributed by atoms with Gasteiger partial charge in [0.05, 0.1) is 6.04 Å². The molecule has 0 amide bonds. The molecule has 116 valence electrons. The van der Waals surface area contributed by atoms with Crippen LogP contribution in [0.3, 0.4) is 0 Å². The predicted molar refractivity (Wildman–Crippen MR) is 80.9 cm³/mol. The van der Waals surface area contributed by atoms with Crippen LogP contribution in [-0.4, -0.2) is 23.8 Å². The van der Waals surface area contributed by atoms with Crippen LogP contribution in [0.15, 0.2) is 4.42 Å². The van der Waals surface area contributed by atoms with Crippen molar-refractivity contribution >= 4 is 6.01 Å². The van der Waals surface area contributed by atoms with Gasteiger partial charge < -0.3 is 15.1 Å². The quantitative estimate of drug-likeness (QED) is 0.873. The average Bonchev–Trinajstić information content (AvgIpc) is 2.92. The van der Waals surface area contributed by atoms with E-state index in [4.69, 9.17) is 4.42 Å². The van der Waals surface area contributed by atoms with Crippen molar-refractivity contribution in [3.05, 3.63) is 5.89 Å². The van der Waals surface area contributed by atoms with Crippen LogP contribution in [0.4, 0.5) is 6.01 Å². The minimum absolute atomic E-state index is 0.104. The summed E-state index contributed by atoms with van der Waals surface area (Å²) in [7, 11) is 1.90. The van der Waals surface area contributed by atoms with Crippen LogP contribution in [0.2, 0.25) is 0 Å². The summed E-state index contributed by atoms with van der Waals surface area (Å²) in [4.78, 5) is 0. The third-order valence-electron chi connectivity index (χ3n) is 6.02. The van der Waals surface area contributed by atoms with Crippen molar-refractivity contribution in [2.75, 3.05) is 18.9 Å². The predicted octanol–water partition coefficient (Wildman–Crippen LogP) is 2.98. The van der Waals surface area contributed by atoms with E-state index in [1.54, 1.807) is 0 Å². The van der Waals surface area contributed by atoms with Crippen molar-refractivity contribution in [3.8, 4) is 0 Å². The van der Waals surface area contributed by atoms with Gasteiger partial charge in [0.15, 0.2) is 0 Å². The molecule has 1 aromatic rings. The zero-order chi connectivity index (χ0) is 14.4. The van der Waals surface area contributed by atoms with Crippen molar-refractivity contribution in [2.45, 2.75) is 51.5 Å². The van der Waals surface area contributed by atoms with Gasteiger partial charge in [0.25, 0.3) is 0 Å². The van der Waals surface area contributed by atoms with Crippen molar-refractivity contribution in [1.82, 2.24) is 15.5 Å². The number of nitrogens with zero attached hydrogens (tertiary/aromatic N) is 2. The van der Waals surface area contributed by atoms with E-state index in [0.29, 0.717) is 17.3 Å². The van der Waals surface area contributed by atoms with Crippen molar-refractivity contribution in [3.63, 3.8) is 0 Å². The van der Waals surface area contributed by atoms with Gasteiger partial charge in [-0.25, -0.2) is 0 Å². The van der Waals surface area contributed by atoms with Gasteiger partial charge in [0.1, 0.15) is 0 Å². The summed E-state index contributed by atoms with van der Waals surface area (Å²) in [5, 5.41) is 14.8. The molecule has 4 bridgehead atoms. The Bertz CT molecular complexity index is 477. The lowest BCUT2D eigenvalue weighted by Gasteiger charge is -2.56. The summed E-state index contributed by atoms with van der Waals surface area (Å²) in [6.45, 7) is 3.03. The highest BCUT2D eigenvalue weighted by Gasteiger charge is 2.50. The molecule has 0 aliphatic heterocycles. The van der Waals surface area contributed by atoms with Crippen LogP contribution < -0.4 is 10.6 Å². The zero-order valence-electron chi connectivity index (χ0n) is 13.1. The molecule has 4 fully saturated rings. The lowest BCUT2D eigenvalue weighted by molar-refractivity contribution is -0.0446. The molecule has 2 N–H and O–H groups in total. The van der Waals surface area contributed by atoms with Crippen LogP contribution >= 0.6 is 0 Å². The highest BCUT2D eigenvalue weighted by atomic mass is 16.4. The molecule has 4 aliphatic carbocycles. The second kappa shape index (κ2) is 4.97. The molecule has 1 atom stereocenters. The minimum Gasteiger partial charge on any atom is -0.406 e. The first-order valence-corrected chi connectivity index (χ1v) is 8.40. The van der Waals surface area contributed by atoms with E-state index in [9.17, 15) is 0 Å². The van der Waals surface area contributed by atoms with Gasteiger partial charge in [-0.3, -0.25) is 0 Å². The Morgan fingerprint density at radius 2 is 1.76 bits per heavy atom. The van der Waals surface area contributed by atoms with Gasteiger partial charge in [0.2, 0.25) is 5.89 Å². The number of anilines is 1. The average molecular weight is 290 g/mol. The van der Waals surface area contributed by atoms with E-state index >= 15 is 0 Å². The molecule has 4 saturated carbocycles. The smallest absolute Gasteiger partial charge is 0.315 e. The molecular weight excluding hydrogens is 264 g/mol. The summed E-state index contributed by atoms with van der Waals surface area (Å²) in [6.07, 6.45) is 8.68. The first-order chi connectivity index (χ1) is 10.2. The molecule has 1 heterocycles. The number of hydrogen-bond acceptors (Lipinski definition) is 5. The summed E-state index contributed by atoms with van der Waals surface area (Å²) in [5.74, 6) is 3.62. The minimum atomic E-state index is 0.104. The van der Waals surface area contributed by atoms with Gasteiger partial charge in [-0.15, -0.1) is 5.10 Å². The first-order valence-electron chi connectivity index (χ1n) is 8.40. The fraction of sp³-hybridized carbons (Fsp3) is 0.875. The fourth-order valence-corrected chi connectivity index (χ4v) is 5.37. The maximum atomic E-state index is 5.70. The van der Waals surface area contributed by atoms with Crippen LogP contribution in [0.5, 0.6) is 0 Å². The Labute approximate surface area is 126 Å². The van der Waals surface area contributed by atoms with E-state index in [-0.39, 0.29) is 6.04 Å². The first kappa shape index (κ1) is 13.6. The zero-order valence-corrected chi connectivity index (χ0v) is 13.1. The Morgan fingerprint density at radius 3 is 2.33 bits per heavy atom. The number of aromatic nitrogens is 2. The summed E-state index contributed by atoms with van der Waals surface area (Å²) in [6, 6.07) is 0.690. The molecule has 5 rings (SSSR count). The highest BCUT2D eigenvalue weighted by Crippen LogP contribution is 2.59. The maximum absolute atomic E-state index is 5.70. The van der Waals surface area contributed by atoms with Gasteiger partial charge >= 0.3 is 6.01 Å². The van der Waals surface area contributed by atoms with Crippen molar-refractivity contribution in [1.29, 1.82) is 0 Å². The van der Waals surface area contributed by atoms with E-state index in [1.807, 2.05) is 14.0 Å². The lowest BCUT2D eigenvalue weighted by Crippen LogP contribution is -2.49. The SMILES string of the molecule is CNC(C)c1nnc(NCC23CC4CC(CC(C4)C2)C3)o1. The fourth-order valence-electron chi connectivity index (χ4n) is 5.37. The summed E-state index contributed by atoms with van der Waals surface area (Å²) in [5.41, 5.74) is 0.498. The largest absolute Gasteiger partial charge is 0.406 e. The molecule has 1 unspecified atom stereocenters. The third-order valence-corrected chi connectivity index (χ3v) is 6.02. The molecule has 0 aromatic carbocycles. The third kappa shape index (κ3) is 2.45. The molecule has 1 aromatic heterocycles. The van der Waals surface area contributed by atoms with Gasteiger partial charge in [0, 0.05) is 6.54 Å². The summed E-state index contributed by atoms with van der Waals surface area (Å²) < 4.78 is 5.70. The second-order valence-electron chi connectivity index (χ2n) is 7.73. The molecule has 5 nitrogen and oxygen atoms in total. The molecule has 0 saturated heterocycles. The normalized spacial score (nSPS) is 38.7. The van der Waals surface area contributed by atoms with E-state index in [0.717, 1.165) is 24.3 Å². The van der Waals surface area contributed by atoms with E-state index < -0.39 is 0 Å². The topological polar surface area (TPSA) is 63.0 Å². The number of rotatable bonds is 5. The molecule has 5 heteroatoms. The van der Waals surface area contributed by atoms with Crippen LogP contribution in [0, 0.1) is 23.2 Å². The summed E-state index contributed by atoms with van der Waals surface area (Å²) >= 11 is 0. The Morgan fingerprint density at radius 1 is 1.14 bits per heavy atom. The van der Waals surface area contributed by atoms with Gasteiger partial charge in [-0.1, -0.05) is 5.10 Å². The number of nitrogens with one attached hydrogen (secondary N) is 2. The molecule has 0 spiro atoms. The standard InChI is InChI=1S/C16H26N4O/c1-10(17-2)14-19-20-15(21-14)18-9-16-6-11-3-12(7-16)5-13(4-11)8-16/h10-13,17H,3-9H2,1-2H3,(H,18,20). The monoisotopic (exact) mass is 290 g/mol. The Kier molecular flexibility index (Phi) is 3.21.